The third-order valence-electron chi connectivity index (χ3n) is 5.72. The summed E-state index contributed by atoms with van der Waals surface area (Å²) in [6.07, 6.45) is 1.72. The molecule has 6 nitrogen and oxygen atoms in total. The number of nitrogens with zero attached hydrogens (tertiary/aromatic N) is 3. The molecule has 1 amide bonds. The quantitative estimate of drug-likeness (QED) is 0.371. The van der Waals surface area contributed by atoms with E-state index >= 15 is 0 Å². The number of unbranched alkanes of at least 4 members (excludes halogenated alkanes) is 1. The fraction of sp³-hybridized carbons (Fsp3) is 0.280. The lowest BCUT2D eigenvalue weighted by molar-refractivity contribution is 0.0997. The van der Waals surface area contributed by atoms with E-state index in [0.717, 1.165) is 33.8 Å². The minimum atomic E-state index is -3.57. The van der Waals surface area contributed by atoms with Crippen molar-refractivity contribution in [3.63, 3.8) is 0 Å². The second-order valence-corrected chi connectivity index (χ2v) is 10.9. The lowest BCUT2D eigenvalue weighted by atomic mass is 10.1. The molecule has 0 aliphatic heterocycles. The Hall–Kier alpha value is -2.81. The first kappa shape index (κ1) is 23.4. The van der Waals surface area contributed by atoms with Gasteiger partial charge in [-0.2, -0.15) is 4.99 Å². The van der Waals surface area contributed by atoms with E-state index in [1.54, 1.807) is 7.05 Å². The predicted octanol–water partition coefficient (Wildman–Crippen LogP) is 5.04. The number of sulfonamides is 1. The summed E-state index contributed by atoms with van der Waals surface area (Å²) in [4.78, 5) is 18.1. The topological polar surface area (TPSA) is 71.7 Å². The first-order valence-corrected chi connectivity index (χ1v) is 13.3. The highest BCUT2D eigenvalue weighted by molar-refractivity contribution is 7.89. The largest absolute Gasteiger partial charge is 0.316 e. The van der Waals surface area contributed by atoms with Crippen LogP contribution in [0.25, 0.3) is 21.0 Å². The van der Waals surface area contributed by atoms with Crippen LogP contribution in [0.1, 0.15) is 37.0 Å². The van der Waals surface area contributed by atoms with E-state index in [2.05, 4.69) is 33.8 Å². The molecular formula is C25H27N3O3S2. The molecule has 0 atom stereocenters. The van der Waals surface area contributed by atoms with Crippen LogP contribution in [0, 0.1) is 0 Å². The number of carbonyl (C=O) groups is 1. The molecule has 0 radical (unpaired) electrons. The van der Waals surface area contributed by atoms with Gasteiger partial charge in [-0.05, 0) is 49.1 Å². The standard InChI is InChI=1S/C25H27N3O3S2/c1-4-6-17-27(3)33(30,31)20-14-11-19(12-15-20)24(29)26-25-28(5-2)23-21-10-8-7-9-18(21)13-16-22(23)32-25/h7-16H,4-6,17H2,1-3H3. The van der Waals surface area contributed by atoms with Gasteiger partial charge in [0.2, 0.25) is 10.0 Å². The lowest BCUT2D eigenvalue weighted by Gasteiger charge is -2.16. The Morgan fingerprint density at radius 3 is 2.45 bits per heavy atom. The molecule has 8 heteroatoms. The number of thiazole rings is 1. The average molecular weight is 482 g/mol. The van der Waals surface area contributed by atoms with Crippen molar-refractivity contribution in [3.8, 4) is 0 Å². The molecule has 1 aromatic heterocycles. The molecule has 0 spiro atoms. The molecular weight excluding hydrogens is 454 g/mol. The summed E-state index contributed by atoms with van der Waals surface area (Å²) in [5, 5.41) is 2.27. The molecule has 4 aromatic rings. The van der Waals surface area contributed by atoms with Crippen LogP contribution in [-0.4, -0.2) is 36.8 Å². The van der Waals surface area contributed by atoms with Crippen LogP contribution in [0.15, 0.2) is 70.6 Å². The summed E-state index contributed by atoms with van der Waals surface area (Å²) < 4.78 is 29.9. The van der Waals surface area contributed by atoms with Crippen LogP contribution >= 0.6 is 11.3 Å². The second-order valence-electron chi connectivity index (χ2n) is 7.88. The number of rotatable bonds is 7. The molecule has 33 heavy (non-hydrogen) atoms. The van der Waals surface area contributed by atoms with Gasteiger partial charge in [0, 0.05) is 31.1 Å². The Bertz CT molecular complexity index is 1480. The molecule has 0 aliphatic rings. The maximum absolute atomic E-state index is 12.9. The molecule has 0 N–H and O–H groups in total. The van der Waals surface area contributed by atoms with Crippen LogP contribution in [0.5, 0.6) is 0 Å². The highest BCUT2D eigenvalue weighted by atomic mass is 32.2. The van der Waals surface area contributed by atoms with Crippen LogP contribution < -0.4 is 4.80 Å². The molecule has 0 bridgehead atoms. The molecule has 3 aromatic carbocycles. The molecule has 0 fully saturated rings. The van der Waals surface area contributed by atoms with E-state index < -0.39 is 15.9 Å². The van der Waals surface area contributed by atoms with Gasteiger partial charge in [0.1, 0.15) is 0 Å². The third-order valence-corrected chi connectivity index (χ3v) is 8.63. The van der Waals surface area contributed by atoms with Crippen molar-refractivity contribution >= 4 is 48.3 Å². The molecule has 0 aliphatic carbocycles. The predicted molar refractivity (Wildman–Crippen MR) is 134 cm³/mol. The van der Waals surface area contributed by atoms with Gasteiger partial charge in [-0.1, -0.05) is 55.0 Å². The van der Waals surface area contributed by atoms with Gasteiger partial charge in [0.25, 0.3) is 5.91 Å². The van der Waals surface area contributed by atoms with Crippen molar-refractivity contribution in [2.24, 2.45) is 4.99 Å². The summed E-state index contributed by atoms with van der Waals surface area (Å²) in [5.41, 5.74) is 1.43. The van der Waals surface area contributed by atoms with Crippen LogP contribution in [0.3, 0.4) is 0 Å². The molecule has 0 saturated heterocycles. The van der Waals surface area contributed by atoms with E-state index in [-0.39, 0.29) is 4.90 Å². The van der Waals surface area contributed by atoms with Crippen molar-refractivity contribution < 1.29 is 13.2 Å². The lowest BCUT2D eigenvalue weighted by Crippen LogP contribution is -2.27. The monoisotopic (exact) mass is 481 g/mol. The van der Waals surface area contributed by atoms with Crippen molar-refractivity contribution in [3.05, 3.63) is 71.0 Å². The first-order chi connectivity index (χ1) is 15.9. The number of hydrogen-bond acceptors (Lipinski definition) is 4. The number of carbonyl (C=O) groups excluding carboxylic acids is 1. The van der Waals surface area contributed by atoms with Gasteiger partial charge in [-0.15, -0.1) is 0 Å². The Morgan fingerprint density at radius 1 is 1.03 bits per heavy atom. The Morgan fingerprint density at radius 2 is 1.76 bits per heavy atom. The smallest absolute Gasteiger partial charge is 0.279 e. The Balaban J connectivity index is 1.69. The second kappa shape index (κ2) is 9.59. The van der Waals surface area contributed by atoms with Crippen LogP contribution in [0.4, 0.5) is 0 Å². The minimum Gasteiger partial charge on any atom is -0.316 e. The molecule has 172 valence electrons. The highest BCUT2D eigenvalue weighted by Gasteiger charge is 2.20. The zero-order chi connectivity index (χ0) is 23.6. The number of aromatic nitrogens is 1. The zero-order valence-corrected chi connectivity index (χ0v) is 20.6. The number of fused-ring (bicyclic) bond motifs is 3. The fourth-order valence-corrected chi connectivity index (χ4v) is 6.14. The third kappa shape index (κ3) is 4.51. The summed E-state index contributed by atoms with van der Waals surface area (Å²) in [6.45, 7) is 5.20. The minimum absolute atomic E-state index is 0.176. The number of aryl methyl sites for hydroxylation is 1. The van der Waals surface area contributed by atoms with Crippen molar-refractivity contribution in [2.75, 3.05) is 13.6 Å². The number of benzene rings is 3. The van der Waals surface area contributed by atoms with Crippen LogP contribution in [-0.2, 0) is 16.6 Å². The van der Waals surface area contributed by atoms with Crippen LogP contribution in [0.2, 0.25) is 0 Å². The fourth-order valence-electron chi connectivity index (χ4n) is 3.82. The van der Waals surface area contributed by atoms with E-state index in [1.807, 2.05) is 26.0 Å². The SMILES string of the molecule is CCCCN(C)S(=O)(=O)c1ccc(C(=O)N=c2sc3ccc4ccccc4c3n2CC)cc1. The summed E-state index contributed by atoms with van der Waals surface area (Å²) in [5.74, 6) is -0.392. The van der Waals surface area contributed by atoms with Gasteiger partial charge in [0.05, 0.1) is 15.1 Å². The van der Waals surface area contributed by atoms with E-state index in [4.69, 9.17) is 0 Å². The average Bonchev–Trinajstić information content (AvgIpc) is 3.19. The van der Waals surface area contributed by atoms with Gasteiger partial charge in [-0.25, -0.2) is 12.7 Å². The highest BCUT2D eigenvalue weighted by Crippen LogP contribution is 2.27. The van der Waals surface area contributed by atoms with Crippen molar-refractivity contribution in [1.29, 1.82) is 0 Å². The van der Waals surface area contributed by atoms with Gasteiger partial charge in [0.15, 0.2) is 4.80 Å². The van der Waals surface area contributed by atoms with Crippen molar-refractivity contribution in [2.45, 2.75) is 38.1 Å². The van der Waals surface area contributed by atoms with E-state index in [9.17, 15) is 13.2 Å². The number of amides is 1. The number of hydrogen-bond donors (Lipinski definition) is 0. The summed E-state index contributed by atoms with van der Waals surface area (Å²) >= 11 is 1.48. The maximum Gasteiger partial charge on any atom is 0.279 e. The van der Waals surface area contributed by atoms with Gasteiger partial charge >= 0.3 is 0 Å². The molecule has 0 unspecified atom stereocenters. The Kier molecular flexibility index (Phi) is 6.78. The molecule has 1 heterocycles. The summed E-state index contributed by atoms with van der Waals surface area (Å²) in [7, 11) is -1.99. The van der Waals surface area contributed by atoms with E-state index in [1.165, 1.54) is 39.9 Å². The normalized spacial score (nSPS) is 12.8. The molecule has 4 rings (SSSR count). The van der Waals surface area contributed by atoms with E-state index in [0.29, 0.717) is 23.5 Å². The van der Waals surface area contributed by atoms with Crippen molar-refractivity contribution in [1.82, 2.24) is 8.87 Å². The van der Waals surface area contributed by atoms with Gasteiger partial charge in [-0.3, -0.25) is 4.79 Å². The zero-order valence-electron chi connectivity index (χ0n) is 19.0. The summed E-state index contributed by atoms with van der Waals surface area (Å²) in [6, 6.07) is 18.3. The first-order valence-electron chi connectivity index (χ1n) is 11.0. The Labute approximate surface area is 197 Å². The molecule has 0 saturated carbocycles. The van der Waals surface area contributed by atoms with Gasteiger partial charge < -0.3 is 4.57 Å². The maximum atomic E-state index is 12.9.